The molecule has 2 aliphatic rings. The Labute approximate surface area is 119 Å². The summed E-state index contributed by atoms with van der Waals surface area (Å²) in [6.07, 6.45) is 2.13. The molecule has 2 unspecified atom stereocenters. The highest BCUT2D eigenvalue weighted by Crippen LogP contribution is 2.49. The molecule has 0 aliphatic carbocycles. The van der Waals surface area contributed by atoms with Crippen molar-refractivity contribution in [3.8, 4) is 11.5 Å². The van der Waals surface area contributed by atoms with E-state index >= 15 is 0 Å². The maximum atomic E-state index is 5.81. The zero-order chi connectivity index (χ0) is 13.2. The predicted molar refractivity (Wildman–Crippen MR) is 78.4 cm³/mol. The molecule has 0 radical (unpaired) electrons. The third kappa shape index (κ3) is 2.43. The van der Waals surface area contributed by atoms with Crippen LogP contribution in [0.2, 0.25) is 0 Å². The van der Waals surface area contributed by atoms with Gasteiger partial charge in [0.1, 0.15) is 0 Å². The van der Waals surface area contributed by atoms with Gasteiger partial charge >= 0.3 is 0 Å². The zero-order valence-electron chi connectivity index (χ0n) is 11.6. The molecule has 0 amide bonds. The van der Waals surface area contributed by atoms with Crippen LogP contribution in [0, 0.1) is 0 Å². The average Bonchev–Trinajstić information content (AvgIpc) is 2.60. The van der Waals surface area contributed by atoms with E-state index < -0.39 is 0 Å². The number of fused-ring (bicyclic) bond motifs is 2. The van der Waals surface area contributed by atoms with Crippen LogP contribution in [0.5, 0.6) is 11.5 Å². The molecule has 0 saturated heterocycles. The lowest BCUT2D eigenvalue weighted by atomic mass is 10.0. The van der Waals surface area contributed by atoms with Gasteiger partial charge in [-0.25, -0.2) is 0 Å². The highest BCUT2D eigenvalue weighted by molar-refractivity contribution is 8.00. The predicted octanol–water partition coefficient (Wildman–Crippen LogP) is 3.38. The molecule has 4 heteroatoms. The fraction of sp³-hybridized carbons (Fsp3) is 0.600. The van der Waals surface area contributed by atoms with Crippen molar-refractivity contribution < 1.29 is 9.47 Å². The molecule has 1 aromatic carbocycles. The largest absolute Gasteiger partial charge is 0.490 e. The van der Waals surface area contributed by atoms with Gasteiger partial charge in [-0.1, -0.05) is 13.8 Å². The van der Waals surface area contributed by atoms with Crippen molar-refractivity contribution in [1.82, 2.24) is 5.32 Å². The van der Waals surface area contributed by atoms with Crippen LogP contribution >= 0.6 is 11.8 Å². The Balaban J connectivity index is 1.97. The van der Waals surface area contributed by atoms with E-state index in [4.69, 9.17) is 9.47 Å². The fourth-order valence-corrected chi connectivity index (χ4v) is 4.13. The van der Waals surface area contributed by atoms with Gasteiger partial charge < -0.3 is 14.8 Å². The monoisotopic (exact) mass is 279 g/mol. The molecule has 19 heavy (non-hydrogen) atoms. The van der Waals surface area contributed by atoms with Gasteiger partial charge in [-0.05, 0) is 30.7 Å². The topological polar surface area (TPSA) is 30.5 Å². The normalized spacial score (nSPS) is 24.9. The van der Waals surface area contributed by atoms with Gasteiger partial charge in [0.25, 0.3) is 0 Å². The van der Waals surface area contributed by atoms with Crippen LogP contribution < -0.4 is 14.8 Å². The van der Waals surface area contributed by atoms with Gasteiger partial charge in [-0.3, -0.25) is 0 Å². The molecule has 3 rings (SSSR count). The molecular formula is C15H21NO2S. The Morgan fingerprint density at radius 1 is 1.21 bits per heavy atom. The molecule has 0 spiro atoms. The molecule has 1 N–H and O–H groups in total. The molecule has 3 nitrogen and oxygen atoms in total. The number of ether oxygens (including phenoxy) is 2. The summed E-state index contributed by atoms with van der Waals surface area (Å²) in [5.41, 5.74) is 1.38. The summed E-state index contributed by atoms with van der Waals surface area (Å²) in [4.78, 5) is 1.35. The number of hydrogen-bond donors (Lipinski definition) is 1. The maximum absolute atomic E-state index is 5.81. The fourth-order valence-electron chi connectivity index (χ4n) is 2.76. The molecule has 2 atom stereocenters. The van der Waals surface area contributed by atoms with Gasteiger partial charge in [0.05, 0.1) is 13.2 Å². The standard InChI is InChI=1S/C15H21NO2S/c1-3-13-15(16-4-2)10-8-11-12(9-14(10)19-13)18-7-5-6-17-11/h8-9,13,15-16H,3-7H2,1-2H3. The Morgan fingerprint density at radius 2 is 1.95 bits per heavy atom. The quantitative estimate of drug-likeness (QED) is 0.919. The zero-order valence-corrected chi connectivity index (χ0v) is 12.4. The number of nitrogens with one attached hydrogen (secondary N) is 1. The van der Waals surface area contributed by atoms with Gasteiger partial charge in [0.15, 0.2) is 11.5 Å². The lowest BCUT2D eigenvalue weighted by Gasteiger charge is -2.19. The van der Waals surface area contributed by atoms with E-state index in [2.05, 4.69) is 31.3 Å². The Kier molecular flexibility index (Phi) is 3.89. The third-order valence-corrected chi connectivity index (χ3v) is 5.21. The highest BCUT2D eigenvalue weighted by atomic mass is 32.2. The highest BCUT2D eigenvalue weighted by Gasteiger charge is 2.33. The van der Waals surface area contributed by atoms with Crippen LogP contribution in [-0.2, 0) is 0 Å². The molecule has 0 bridgehead atoms. The summed E-state index contributed by atoms with van der Waals surface area (Å²) >= 11 is 1.97. The molecule has 0 aromatic heterocycles. The summed E-state index contributed by atoms with van der Waals surface area (Å²) in [6, 6.07) is 4.79. The van der Waals surface area contributed by atoms with Crippen molar-refractivity contribution in [3.05, 3.63) is 17.7 Å². The minimum atomic E-state index is 0.437. The van der Waals surface area contributed by atoms with E-state index in [1.807, 2.05) is 11.8 Å². The van der Waals surface area contributed by atoms with E-state index in [1.165, 1.54) is 16.9 Å². The van der Waals surface area contributed by atoms with Gasteiger partial charge in [0, 0.05) is 22.6 Å². The van der Waals surface area contributed by atoms with Crippen LogP contribution in [0.25, 0.3) is 0 Å². The first kappa shape index (κ1) is 13.1. The second kappa shape index (κ2) is 5.63. The van der Waals surface area contributed by atoms with Crippen LogP contribution in [0.1, 0.15) is 38.3 Å². The van der Waals surface area contributed by atoms with Gasteiger partial charge in [-0.15, -0.1) is 11.8 Å². The van der Waals surface area contributed by atoms with E-state index in [-0.39, 0.29) is 0 Å². The first-order valence-corrected chi connectivity index (χ1v) is 8.05. The minimum absolute atomic E-state index is 0.437. The van der Waals surface area contributed by atoms with Gasteiger partial charge in [0.2, 0.25) is 0 Å². The number of rotatable bonds is 3. The summed E-state index contributed by atoms with van der Waals surface area (Å²) < 4.78 is 11.6. The van der Waals surface area contributed by atoms with Crippen molar-refractivity contribution in [2.75, 3.05) is 19.8 Å². The van der Waals surface area contributed by atoms with E-state index in [9.17, 15) is 0 Å². The average molecular weight is 279 g/mol. The van der Waals surface area contributed by atoms with Crippen molar-refractivity contribution in [3.63, 3.8) is 0 Å². The van der Waals surface area contributed by atoms with E-state index in [0.29, 0.717) is 11.3 Å². The third-order valence-electron chi connectivity index (χ3n) is 3.69. The molecule has 1 aromatic rings. The van der Waals surface area contributed by atoms with Crippen molar-refractivity contribution >= 4 is 11.8 Å². The lowest BCUT2D eigenvalue weighted by molar-refractivity contribution is 0.296. The summed E-state index contributed by atoms with van der Waals surface area (Å²) in [6.45, 7) is 6.92. The van der Waals surface area contributed by atoms with E-state index in [0.717, 1.165) is 37.7 Å². The van der Waals surface area contributed by atoms with Crippen molar-refractivity contribution in [2.45, 2.75) is 42.9 Å². The number of thioether (sulfide) groups is 1. The maximum Gasteiger partial charge on any atom is 0.162 e. The molecule has 2 heterocycles. The second-order valence-electron chi connectivity index (χ2n) is 4.99. The van der Waals surface area contributed by atoms with Gasteiger partial charge in [-0.2, -0.15) is 0 Å². The molecule has 0 fully saturated rings. The first-order valence-electron chi connectivity index (χ1n) is 7.17. The Bertz CT molecular complexity index is 464. The first-order chi connectivity index (χ1) is 9.33. The summed E-state index contributed by atoms with van der Waals surface area (Å²) in [5.74, 6) is 1.83. The summed E-state index contributed by atoms with van der Waals surface area (Å²) in [7, 11) is 0. The number of hydrogen-bond acceptors (Lipinski definition) is 4. The summed E-state index contributed by atoms with van der Waals surface area (Å²) in [5, 5.41) is 4.22. The van der Waals surface area contributed by atoms with Crippen molar-refractivity contribution in [2.24, 2.45) is 0 Å². The second-order valence-corrected chi connectivity index (χ2v) is 6.27. The van der Waals surface area contributed by atoms with Crippen LogP contribution in [-0.4, -0.2) is 25.0 Å². The van der Waals surface area contributed by atoms with Crippen molar-refractivity contribution in [1.29, 1.82) is 0 Å². The van der Waals surface area contributed by atoms with Crippen LogP contribution in [0.15, 0.2) is 17.0 Å². The number of benzene rings is 1. The van der Waals surface area contributed by atoms with Crippen LogP contribution in [0.3, 0.4) is 0 Å². The molecule has 104 valence electrons. The smallest absolute Gasteiger partial charge is 0.162 e. The minimum Gasteiger partial charge on any atom is -0.490 e. The molecule has 2 aliphatic heterocycles. The van der Waals surface area contributed by atoms with Crippen LogP contribution in [0.4, 0.5) is 0 Å². The Morgan fingerprint density at radius 3 is 2.63 bits per heavy atom. The SMILES string of the molecule is CCNC1c2cc3c(cc2SC1CC)OCCCO3. The Hall–Kier alpha value is -0.870. The molecular weight excluding hydrogens is 258 g/mol. The lowest BCUT2D eigenvalue weighted by Crippen LogP contribution is -2.26. The van der Waals surface area contributed by atoms with E-state index in [1.54, 1.807) is 0 Å². The molecule has 0 saturated carbocycles.